The lowest BCUT2D eigenvalue weighted by molar-refractivity contribution is 0.0686. The molecule has 0 aliphatic heterocycles. The molecule has 8 nitrogen and oxygen atoms in total. The van der Waals surface area contributed by atoms with Crippen LogP contribution in [0.2, 0.25) is 0 Å². The van der Waals surface area contributed by atoms with E-state index in [0.29, 0.717) is 25.2 Å². The average Bonchev–Trinajstić information content (AvgIpc) is 3.24. The van der Waals surface area contributed by atoms with Gasteiger partial charge in [-0.15, -0.1) is 0 Å². The van der Waals surface area contributed by atoms with E-state index in [0.717, 1.165) is 38.3 Å². The maximum absolute atomic E-state index is 12.1. The highest BCUT2D eigenvalue weighted by Crippen LogP contribution is 2.25. The minimum atomic E-state index is -3.37. The molecule has 4 rings (SSSR count). The molecule has 0 saturated carbocycles. The summed E-state index contributed by atoms with van der Waals surface area (Å²) in [5.74, 6) is -1.02. The third-order valence-corrected chi connectivity index (χ3v) is 8.46. The van der Waals surface area contributed by atoms with Gasteiger partial charge in [-0.25, -0.2) is 13.2 Å². The number of anilines is 1. The Morgan fingerprint density at radius 2 is 1.74 bits per heavy atom. The first-order valence-electron chi connectivity index (χ1n) is 12.5. The topological polar surface area (TPSA) is 112 Å². The van der Waals surface area contributed by atoms with E-state index in [2.05, 4.69) is 28.2 Å². The SMILES string of the molecule is CC(Cc1ccc2c(c1)cc(C(=O)O)n2Cc1ccc(N(C)S(C)(=O)=O)cc1)NCC(O)c1cccc(Br)c1. The molecule has 206 valence electrons. The summed E-state index contributed by atoms with van der Waals surface area (Å²) in [4.78, 5) is 12.1. The molecule has 0 bridgehead atoms. The molecule has 1 heterocycles. The van der Waals surface area contributed by atoms with Crippen LogP contribution in [0.15, 0.2) is 77.3 Å². The first kappa shape index (κ1) is 28.8. The van der Waals surface area contributed by atoms with Crippen molar-refractivity contribution in [3.8, 4) is 0 Å². The van der Waals surface area contributed by atoms with Crippen LogP contribution >= 0.6 is 15.9 Å². The Morgan fingerprint density at radius 1 is 1.05 bits per heavy atom. The van der Waals surface area contributed by atoms with Crippen LogP contribution in [0.4, 0.5) is 5.69 Å². The van der Waals surface area contributed by atoms with Gasteiger partial charge in [0.15, 0.2) is 0 Å². The summed E-state index contributed by atoms with van der Waals surface area (Å²) < 4.78 is 27.5. The standard InChI is InChI=1S/C29H32BrN3O5S/c1-19(31-17-28(34)22-5-4-6-24(30)15-22)13-21-9-12-26-23(14-21)16-27(29(35)36)33(26)18-20-7-10-25(11-8-20)32(2)39(3,37)38/h4-12,14-16,19,28,31,34H,13,17-18H2,1-3H3,(H,35,36). The van der Waals surface area contributed by atoms with Crippen LogP contribution in [-0.4, -0.2) is 55.1 Å². The molecule has 0 aliphatic carbocycles. The zero-order valence-corrected chi connectivity index (χ0v) is 24.4. The fourth-order valence-electron chi connectivity index (χ4n) is 4.55. The largest absolute Gasteiger partial charge is 0.477 e. The summed E-state index contributed by atoms with van der Waals surface area (Å²) >= 11 is 3.43. The van der Waals surface area contributed by atoms with E-state index in [9.17, 15) is 23.4 Å². The number of halogens is 1. The van der Waals surface area contributed by atoms with E-state index in [4.69, 9.17) is 0 Å². The van der Waals surface area contributed by atoms with Crippen LogP contribution < -0.4 is 9.62 Å². The molecule has 1 aromatic heterocycles. The van der Waals surface area contributed by atoms with Gasteiger partial charge in [0, 0.05) is 41.6 Å². The fourth-order valence-corrected chi connectivity index (χ4v) is 5.47. The zero-order chi connectivity index (χ0) is 28.3. The summed E-state index contributed by atoms with van der Waals surface area (Å²) in [6, 6.07) is 22.3. The second-order valence-electron chi connectivity index (χ2n) is 9.80. The van der Waals surface area contributed by atoms with Gasteiger partial charge in [-0.3, -0.25) is 4.31 Å². The van der Waals surface area contributed by atoms with Crippen LogP contribution in [-0.2, 0) is 23.0 Å². The Balaban J connectivity index is 1.48. The Hall–Kier alpha value is -3.18. The summed E-state index contributed by atoms with van der Waals surface area (Å²) in [7, 11) is -1.88. The Bertz CT molecular complexity index is 1580. The highest BCUT2D eigenvalue weighted by molar-refractivity contribution is 9.10. The summed E-state index contributed by atoms with van der Waals surface area (Å²) in [5, 5.41) is 24.6. The van der Waals surface area contributed by atoms with Crippen molar-refractivity contribution in [2.75, 3.05) is 24.2 Å². The number of hydrogen-bond donors (Lipinski definition) is 3. The lowest BCUT2D eigenvalue weighted by Crippen LogP contribution is -2.32. The number of aliphatic hydroxyl groups is 1. The van der Waals surface area contributed by atoms with Gasteiger partial charge in [-0.1, -0.05) is 46.3 Å². The number of benzene rings is 3. The number of hydrogen-bond acceptors (Lipinski definition) is 5. The molecule has 0 amide bonds. The fraction of sp³-hybridized carbons (Fsp3) is 0.276. The third kappa shape index (κ3) is 7.07. The van der Waals surface area contributed by atoms with E-state index >= 15 is 0 Å². The van der Waals surface area contributed by atoms with Gasteiger partial charge in [0.05, 0.1) is 18.0 Å². The molecular weight excluding hydrogens is 582 g/mol. The molecular formula is C29H32BrN3O5S. The molecule has 2 atom stereocenters. The second-order valence-corrected chi connectivity index (χ2v) is 12.7. The summed E-state index contributed by atoms with van der Waals surface area (Å²) in [6.45, 7) is 2.80. The molecule has 0 radical (unpaired) electrons. The van der Waals surface area contributed by atoms with Gasteiger partial charge < -0.3 is 20.1 Å². The van der Waals surface area contributed by atoms with Crippen molar-refractivity contribution >= 4 is 48.5 Å². The number of aromatic carboxylic acids is 1. The molecule has 3 aromatic carbocycles. The van der Waals surface area contributed by atoms with Crippen molar-refractivity contribution in [2.45, 2.75) is 32.0 Å². The summed E-state index contributed by atoms with van der Waals surface area (Å²) in [5.41, 5.74) is 4.27. The van der Waals surface area contributed by atoms with Crippen molar-refractivity contribution in [3.05, 3.63) is 99.7 Å². The van der Waals surface area contributed by atoms with Gasteiger partial charge in [-0.05, 0) is 72.5 Å². The van der Waals surface area contributed by atoms with Gasteiger partial charge in [0.25, 0.3) is 0 Å². The minimum absolute atomic E-state index is 0.0915. The van der Waals surface area contributed by atoms with Crippen molar-refractivity contribution in [1.29, 1.82) is 0 Å². The number of nitrogens with zero attached hydrogens (tertiary/aromatic N) is 2. The third-order valence-electron chi connectivity index (χ3n) is 6.76. The van der Waals surface area contributed by atoms with E-state index in [1.54, 1.807) is 34.9 Å². The first-order valence-corrected chi connectivity index (χ1v) is 15.1. The normalized spacial score (nSPS) is 13.4. The monoisotopic (exact) mass is 613 g/mol. The Labute approximate surface area is 237 Å². The predicted octanol–water partition coefficient (Wildman–Crippen LogP) is 4.80. The van der Waals surface area contributed by atoms with Crippen molar-refractivity contribution in [3.63, 3.8) is 0 Å². The number of fused-ring (bicyclic) bond motifs is 1. The van der Waals surface area contributed by atoms with Crippen molar-refractivity contribution in [1.82, 2.24) is 9.88 Å². The van der Waals surface area contributed by atoms with Gasteiger partial charge in [0.2, 0.25) is 10.0 Å². The molecule has 0 saturated heterocycles. The molecule has 39 heavy (non-hydrogen) atoms. The molecule has 2 unspecified atom stereocenters. The van der Waals surface area contributed by atoms with E-state index in [1.165, 1.54) is 11.4 Å². The quantitative estimate of drug-likeness (QED) is 0.224. The average molecular weight is 615 g/mol. The minimum Gasteiger partial charge on any atom is -0.477 e. The number of carbonyl (C=O) groups is 1. The highest BCUT2D eigenvalue weighted by atomic mass is 79.9. The lowest BCUT2D eigenvalue weighted by atomic mass is 10.0. The molecule has 4 aromatic rings. The number of sulfonamides is 1. The van der Waals surface area contributed by atoms with Crippen LogP contribution in [0.1, 0.15) is 40.2 Å². The number of nitrogens with one attached hydrogen (secondary N) is 1. The van der Waals surface area contributed by atoms with Gasteiger partial charge >= 0.3 is 5.97 Å². The van der Waals surface area contributed by atoms with Gasteiger partial charge in [0.1, 0.15) is 5.69 Å². The lowest BCUT2D eigenvalue weighted by Gasteiger charge is -2.18. The van der Waals surface area contributed by atoms with E-state index in [1.807, 2.05) is 42.5 Å². The van der Waals surface area contributed by atoms with Crippen LogP contribution in [0.5, 0.6) is 0 Å². The Kier molecular flexibility index (Phi) is 8.80. The predicted molar refractivity (Wildman–Crippen MR) is 158 cm³/mol. The molecule has 10 heteroatoms. The number of aromatic nitrogens is 1. The van der Waals surface area contributed by atoms with Crippen molar-refractivity contribution < 1.29 is 23.4 Å². The van der Waals surface area contributed by atoms with Gasteiger partial charge in [-0.2, -0.15) is 0 Å². The number of carboxylic acid groups (broad SMARTS) is 1. The van der Waals surface area contributed by atoms with Crippen LogP contribution in [0.3, 0.4) is 0 Å². The molecule has 3 N–H and O–H groups in total. The molecule has 0 fully saturated rings. The number of carboxylic acids is 1. The first-order chi connectivity index (χ1) is 18.4. The van der Waals surface area contributed by atoms with E-state index < -0.39 is 22.1 Å². The second kappa shape index (κ2) is 11.9. The smallest absolute Gasteiger partial charge is 0.352 e. The molecule has 0 aliphatic rings. The van der Waals surface area contributed by atoms with E-state index in [-0.39, 0.29) is 11.7 Å². The Morgan fingerprint density at radius 3 is 2.38 bits per heavy atom. The van der Waals surface area contributed by atoms with Crippen molar-refractivity contribution in [2.24, 2.45) is 0 Å². The molecule has 0 spiro atoms. The number of rotatable bonds is 11. The summed E-state index contributed by atoms with van der Waals surface area (Å²) in [6.07, 6.45) is 1.23. The maximum atomic E-state index is 12.1. The highest BCUT2D eigenvalue weighted by Gasteiger charge is 2.17. The number of aliphatic hydroxyl groups excluding tert-OH is 1. The maximum Gasteiger partial charge on any atom is 0.352 e. The van der Waals surface area contributed by atoms with Crippen LogP contribution in [0.25, 0.3) is 10.9 Å². The van der Waals surface area contributed by atoms with Crippen LogP contribution in [0, 0.1) is 0 Å². The zero-order valence-electron chi connectivity index (χ0n) is 22.0.